The van der Waals surface area contributed by atoms with Crippen LogP contribution in [0.25, 0.3) is 0 Å². The number of nitrogens with one attached hydrogen (secondary N) is 3. The standard InChI is InChI=1S/C27H46N6O3/c1-20(10-9-15-29-2)32-27(23-13-8-14-24(35-5)26(23)28)33(30-3)19-31-17-22-12-7-11-21(18-34-4)16-25(22)36-6/h12-13,16,21,29-31H,1,7-11,14-15,17-19,28H2,2-6H3/b32-27-. The Morgan fingerprint density at radius 1 is 1.19 bits per heavy atom. The van der Waals surface area contributed by atoms with Crippen LogP contribution in [0.4, 0.5) is 0 Å². The van der Waals surface area contributed by atoms with Crippen molar-refractivity contribution in [1.82, 2.24) is 21.1 Å². The molecule has 9 heteroatoms. The normalized spacial score (nSPS) is 18.8. The third-order valence-corrected chi connectivity index (χ3v) is 6.30. The molecule has 0 aromatic rings. The molecule has 36 heavy (non-hydrogen) atoms. The molecule has 2 rings (SSSR count). The van der Waals surface area contributed by atoms with Crippen LogP contribution in [0.2, 0.25) is 0 Å². The van der Waals surface area contributed by atoms with Gasteiger partial charge in [0, 0.05) is 49.9 Å². The van der Waals surface area contributed by atoms with Gasteiger partial charge in [-0.3, -0.25) is 10.3 Å². The van der Waals surface area contributed by atoms with Crippen LogP contribution in [0.5, 0.6) is 0 Å². The molecule has 0 radical (unpaired) electrons. The van der Waals surface area contributed by atoms with Crippen molar-refractivity contribution in [2.45, 2.75) is 38.5 Å². The van der Waals surface area contributed by atoms with Crippen molar-refractivity contribution < 1.29 is 14.2 Å². The van der Waals surface area contributed by atoms with Crippen LogP contribution in [-0.2, 0) is 14.2 Å². The average molecular weight is 503 g/mol. The number of hydrazine groups is 1. The summed E-state index contributed by atoms with van der Waals surface area (Å²) >= 11 is 0. The molecule has 9 nitrogen and oxygen atoms in total. The van der Waals surface area contributed by atoms with Gasteiger partial charge in [-0.25, -0.2) is 10.4 Å². The highest BCUT2D eigenvalue weighted by molar-refractivity contribution is 6.02. The molecule has 202 valence electrons. The zero-order valence-electron chi connectivity index (χ0n) is 22.8. The minimum Gasteiger partial charge on any atom is -0.499 e. The van der Waals surface area contributed by atoms with E-state index >= 15 is 0 Å². The second-order valence-electron chi connectivity index (χ2n) is 8.90. The van der Waals surface area contributed by atoms with Gasteiger partial charge >= 0.3 is 0 Å². The van der Waals surface area contributed by atoms with E-state index in [0.717, 1.165) is 79.3 Å². The van der Waals surface area contributed by atoms with Gasteiger partial charge in [-0.1, -0.05) is 18.7 Å². The van der Waals surface area contributed by atoms with Gasteiger partial charge in [-0.15, -0.1) is 0 Å². The van der Waals surface area contributed by atoms with Crippen molar-refractivity contribution in [1.29, 1.82) is 0 Å². The Hall–Kier alpha value is -2.59. The van der Waals surface area contributed by atoms with E-state index in [1.807, 2.05) is 19.1 Å². The molecule has 0 saturated heterocycles. The monoisotopic (exact) mass is 502 g/mol. The maximum atomic E-state index is 6.51. The molecule has 5 N–H and O–H groups in total. The van der Waals surface area contributed by atoms with Gasteiger partial charge in [0.05, 0.1) is 33.2 Å². The van der Waals surface area contributed by atoms with Crippen LogP contribution >= 0.6 is 0 Å². The summed E-state index contributed by atoms with van der Waals surface area (Å²) in [4.78, 5) is 4.92. The molecular weight excluding hydrogens is 456 g/mol. The summed E-state index contributed by atoms with van der Waals surface area (Å²) in [6, 6.07) is 0. The van der Waals surface area contributed by atoms with Crippen molar-refractivity contribution in [3.05, 3.63) is 58.9 Å². The first-order chi connectivity index (χ1) is 17.5. The first-order valence-corrected chi connectivity index (χ1v) is 12.7. The topological polar surface area (TPSA) is 105 Å². The molecule has 0 bridgehead atoms. The lowest BCUT2D eigenvalue weighted by atomic mass is 10.0. The first-order valence-electron chi connectivity index (χ1n) is 12.7. The van der Waals surface area contributed by atoms with Crippen molar-refractivity contribution >= 4 is 5.84 Å². The van der Waals surface area contributed by atoms with Gasteiger partial charge < -0.3 is 25.3 Å². The van der Waals surface area contributed by atoms with Gasteiger partial charge in [0.1, 0.15) is 11.5 Å². The van der Waals surface area contributed by atoms with Gasteiger partial charge in [0.25, 0.3) is 0 Å². The third kappa shape index (κ3) is 8.81. The first kappa shape index (κ1) is 29.6. The number of nitrogens with two attached hydrogens (primary N) is 1. The molecule has 0 amide bonds. The smallest absolute Gasteiger partial charge is 0.153 e. The van der Waals surface area contributed by atoms with E-state index in [2.05, 4.69) is 40.9 Å². The zero-order valence-corrected chi connectivity index (χ0v) is 22.8. The number of hydrogen-bond acceptors (Lipinski definition) is 8. The summed E-state index contributed by atoms with van der Waals surface area (Å²) in [5.74, 6) is 2.76. The fraction of sp³-hybridized carbons (Fsp3) is 0.593. The fourth-order valence-electron chi connectivity index (χ4n) is 4.35. The predicted octanol–water partition coefficient (Wildman–Crippen LogP) is 2.93. The highest BCUT2D eigenvalue weighted by Gasteiger charge is 2.23. The number of methoxy groups -OCH3 is 3. The van der Waals surface area contributed by atoms with E-state index in [-0.39, 0.29) is 0 Å². The van der Waals surface area contributed by atoms with Crippen molar-refractivity contribution in [2.24, 2.45) is 16.6 Å². The largest absolute Gasteiger partial charge is 0.499 e. The highest BCUT2D eigenvalue weighted by atomic mass is 16.5. The summed E-state index contributed by atoms with van der Waals surface area (Å²) < 4.78 is 16.6. The summed E-state index contributed by atoms with van der Waals surface area (Å²) in [5, 5.41) is 8.67. The molecule has 0 aromatic heterocycles. The van der Waals surface area contributed by atoms with Crippen LogP contribution in [0.15, 0.2) is 63.9 Å². The van der Waals surface area contributed by atoms with E-state index in [9.17, 15) is 0 Å². The van der Waals surface area contributed by atoms with E-state index in [4.69, 9.17) is 24.9 Å². The van der Waals surface area contributed by atoms with E-state index in [1.165, 1.54) is 0 Å². The van der Waals surface area contributed by atoms with E-state index in [1.54, 1.807) is 21.3 Å². The van der Waals surface area contributed by atoms with Crippen molar-refractivity contribution in [3.8, 4) is 0 Å². The molecular formula is C27H46N6O3. The number of allylic oxidation sites excluding steroid dienone is 4. The van der Waals surface area contributed by atoms with Gasteiger partial charge in [-0.2, -0.15) is 0 Å². The molecule has 0 aliphatic heterocycles. The Kier molecular flexibility index (Phi) is 13.3. The Labute approximate surface area is 217 Å². The van der Waals surface area contributed by atoms with Crippen LogP contribution < -0.4 is 21.8 Å². The maximum Gasteiger partial charge on any atom is 0.153 e. The molecule has 0 fully saturated rings. The number of amidine groups is 1. The summed E-state index contributed by atoms with van der Waals surface area (Å²) in [6.07, 6.45) is 11.9. The average Bonchev–Trinajstić information content (AvgIpc) is 3.08. The second-order valence-corrected chi connectivity index (χ2v) is 8.90. The number of nitrogens with zero attached hydrogens (tertiary/aromatic N) is 2. The van der Waals surface area contributed by atoms with Crippen molar-refractivity contribution in [3.63, 3.8) is 0 Å². The minimum atomic E-state index is 0.350. The number of hydrogen-bond donors (Lipinski definition) is 4. The third-order valence-electron chi connectivity index (χ3n) is 6.30. The molecule has 2 aliphatic rings. The lowest BCUT2D eigenvalue weighted by molar-refractivity contribution is 0.165. The second kappa shape index (κ2) is 16.2. The number of ether oxygens (including phenoxy) is 3. The van der Waals surface area contributed by atoms with Crippen LogP contribution in [0, 0.1) is 5.92 Å². The molecule has 1 atom stereocenters. The zero-order chi connectivity index (χ0) is 26.3. The summed E-state index contributed by atoms with van der Waals surface area (Å²) in [6.45, 7) is 6.96. The fourth-order valence-corrected chi connectivity index (χ4v) is 4.35. The van der Waals surface area contributed by atoms with E-state index in [0.29, 0.717) is 31.4 Å². The molecule has 0 spiro atoms. The van der Waals surface area contributed by atoms with Gasteiger partial charge in [0.2, 0.25) is 0 Å². The molecule has 0 aromatic carbocycles. The predicted molar refractivity (Wildman–Crippen MR) is 147 cm³/mol. The van der Waals surface area contributed by atoms with Crippen LogP contribution in [-0.4, -0.2) is 72.6 Å². The van der Waals surface area contributed by atoms with Gasteiger partial charge in [-0.05, 0) is 51.8 Å². The molecule has 2 aliphatic carbocycles. The Morgan fingerprint density at radius 2 is 2.00 bits per heavy atom. The number of aliphatic imine (C=N–C) groups is 1. The SMILES string of the molecule is C=C(CCCNC)/N=C(/C1=CCCC(OC)=C1N)N(CNCC1=CCCC(COC)C=C1OC)NC. The Bertz CT molecular complexity index is 875. The molecule has 0 saturated carbocycles. The van der Waals surface area contributed by atoms with Crippen LogP contribution in [0.1, 0.15) is 38.5 Å². The molecule has 0 heterocycles. The molecule has 1 unspecified atom stereocenters. The lowest BCUT2D eigenvalue weighted by Crippen LogP contribution is -2.48. The number of rotatable bonds is 15. The lowest BCUT2D eigenvalue weighted by Gasteiger charge is -2.29. The summed E-state index contributed by atoms with van der Waals surface area (Å²) in [7, 11) is 8.94. The highest BCUT2D eigenvalue weighted by Crippen LogP contribution is 2.26. The van der Waals surface area contributed by atoms with Crippen LogP contribution in [0.3, 0.4) is 0 Å². The van der Waals surface area contributed by atoms with E-state index < -0.39 is 0 Å². The maximum absolute atomic E-state index is 6.51. The van der Waals surface area contributed by atoms with Crippen molar-refractivity contribution in [2.75, 3.05) is 61.8 Å². The quantitative estimate of drug-likeness (QED) is 0.0891. The summed E-state index contributed by atoms with van der Waals surface area (Å²) in [5.41, 5.74) is 13.2. The Morgan fingerprint density at radius 3 is 2.67 bits per heavy atom. The Balaban J connectivity index is 2.20. The minimum absolute atomic E-state index is 0.350. The van der Waals surface area contributed by atoms with Gasteiger partial charge in [0.15, 0.2) is 5.84 Å².